The maximum Gasteiger partial charge on any atom is 0.335 e. The van der Waals surface area contributed by atoms with Crippen LogP contribution in [0.5, 0.6) is 0 Å². The lowest BCUT2D eigenvalue weighted by atomic mass is 10.1. The van der Waals surface area contributed by atoms with E-state index in [-0.39, 0.29) is 5.56 Å². The zero-order valence-electron chi connectivity index (χ0n) is 9.72. The van der Waals surface area contributed by atoms with E-state index in [2.05, 4.69) is 27.3 Å². The number of halogens is 1. The SMILES string of the molecule is N#Cc1c(Br)cccc1Nc1ccc(C(=O)O)cc1. The van der Waals surface area contributed by atoms with Gasteiger partial charge in [-0.1, -0.05) is 6.07 Å². The summed E-state index contributed by atoms with van der Waals surface area (Å²) in [5, 5.41) is 21.0. The topological polar surface area (TPSA) is 73.1 Å². The Kier molecular flexibility index (Phi) is 3.83. The third-order valence-corrected chi connectivity index (χ3v) is 3.20. The maximum absolute atomic E-state index is 10.7. The minimum absolute atomic E-state index is 0.222. The summed E-state index contributed by atoms with van der Waals surface area (Å²) in [6.45, 7) is 0. The quantitative estimate of drug-likeness (QED) is 0.904. The number of carboxylic acids is 1. The van der Waals surface area contributed by atoms with Crippen LogP contribution < -0.4 is 5.32 Å². The van der Waals surface area contributed by atoms with Gasteiger partial charge in [0.05, 0.1) is 16.8 Å². The predicted molar refractivity (Wildman–Crippen MR) is 75.5 cm³/mol. The van der Waals surface area contributed by atoms with Crippen LogP contribution in [0, 0.1) is 11.3 Å². The molecule has 0 radical (unpaired) electrons. The van der Waals surface area contributed by atoms with Gasteiger partial charge < -0.3 is 10.4 Å². The van der Waals surface area contributed by atoms with Crippen molar-refractivity contribution in [2.75, 3.05) is 5.32 Å². The summed E-state index contributed by atoms with van der Waals surface area (Å²) in [6, 6.07) is 13.8. The molecule has 0 bridgehead atoms. The lowest BCUT2D eigenvalue weighted by Gasteiger charge is -2.09. The lowest BCUT2D eigenvalue weighted by molar-refractivity contribution is 0.0697. The van der Waals surface area contributed by atoms with Crippen molar-refractivity contribution in [3.05, 3.63) is 58.1 Å². The van der Waals surface area contributed by atoms with E-state index in [0.717, 1.165) is 5.69 Å². The number of carboxylic acid groups (broad SMARTS) is 1. The first-order chi connectivity index (χ1) is 9.11. The highest BCUT2D eigenvalue weighted by Gasteiger charge is 2.07. The summed E-state index contributed by atoms with van der Waals surface area (Å²) in [7, 11) is 0. The number of nitrogens with one attached hydrogen (secondary N) is 1. The highest BCUT2D eigenvalue weighted by molar-refractivity contribution is 9.10. The Bertz CT molecular complexity index is 660. The summed E-state index contributed by atoms with van der Waals surface area (Å²) in [6.07, 6.45) is 0. The molecule has 94 valence electrons. The molecule has 2 aromatic rings. The van der Waals surface area contributed by atoms with Gasteiger partial charge in [0.2, 0.25) is 0 Å². The Labute approximate surface area is 118 Å². The molecule has 0 saturated heterocycles. The van der Waals surface area contributed by atoms with Gasteiger partial charge in [-0.3, -0.25) is 0 Å². The van der Waals surface area contributed by atoms with Crippen molar-refractivity contribution in [3.63, 3.8) is 0 Å². The number of rotatable bonds is 3. The van der Waals surface area contributed by atoms with Gasteiger partial charge in [-0.05, 0) is 52.3 Å². The fourth-order valence-corrected chi connectivity index (χ4v) is 2.05. The molecule has 0 atom stereocenters. The van der Waals surface area contributed by atoms with E-state index in [1.807, 2.05) is 6.07 Å². The number of anilines is 2. The first-order valence-electron chi connectivity index (χ1n) is 5.41. The van der Waals surface area contributed by atoms with Crippen LogP contribution in [0.1, 0.15) is 15.9 Å². The van der Waals surface area contributed by atoms with E-state index in [1.54, 1.807) is 24.3 Å². The van der Waals surface area contributed by atoms with Crippen LogP contribution >= 0.6 is 15.9 Å². The zero-order chi connectivity index (χ0) is 13.8. The molecule has 2 aromatic carbocycles. The molecule has 0 aliphatic rings. The van der Waals surface area contributed by atoms with Gasteiger partial charge in [0.15, 0.2) is 0 Å². The number of aromatic carboxylic acids is 1. The lowest BCUT2D eigenvalue weighted by Crippen LogP contribution is -1.97. The summed E-state index contributed by atoms with van der Waals surface area (Å²) < 4.78 is 0.710. The molecule has 0 amide bonds. The summed E-state index contributed by atoms with van der Waals surface area (Å²) in [5.41, 5.74) is 2.12. The molecule has 0 aliphatic carbocycles. The number of hydrogen-bond donors (Lipinski definition) is 2. The van der Waals surface area contributed by atoms with Crippen molar-refractivity contribution >= 4 is 33.3 Å². The van der Waals surface area contributed by atoms with Gasteiger partial charge in [0.1, 0.15) is 6.07 Å². The van der Waals surface area contributed by atoms with E-state index in [1.165, 1.54) is 12.1 Å². The van der Waals surface area contributed by atoms with Gasteiger partial charge in [-0.25, -0.2) is 4.79 Å². The molecule has 0 saturated carbocycles. The monoisotopic (exact) mass is 316 g/mol. The Hall–Kier alpha value is -2.32. The largest absolute Gasteiger partial charge is 0.478 e. The molecule has 0 unspecified atom stereocenters. The normalized spacial score (nSPS) is 9.68. The van der Waals surface area contributed by atoms with Crippen LogP contribution in [0.2, 0.25) is 0 Å². The summed E-state index contributed by atoms with van der Waals surface area (Å²) >= 11 is 3.31. The summed E-state index contributed by atoms with van der Waals surface area (Å²) in [5.74, 6) is -0.966. The highest BCUT2D eigenvalue weighted by atomic mass is 79.9. The van der Waals surface area contributed by atoms with Crippen molar-refractivity contribution in [2.45, 2.75) is 0 Å². The number of benzene rings is 2. The minimum atomic E-state index is -0.966. The molecule has 0 spiro atoms. The van der Waals surface area contributed by atoms with E-state index in [0.29, 0.717) is 15.7 Å². The van der Waals surface area contributed by atoms with E-state index >= 15 is 0 Å². The third kappa shape index (κ3) is 2.92. The molecular weight excluding hydrogens is 308 g/mol. The molecule has 5 heteroatoms. The molecule has 4 nitrogen and oxygen atoms in total. The Morgan fingerprint density at radius 1 is 1.21 bits per heavy atom. The van der Waals surface area contributed by atoms with Gasteiger partial charge >= 0.3 is 5.97 Å². The Morgan fingerprint density at radius 3 is 2.47 bits per heavy atom. The van der Waals surface area contributed by atoms with Crippen LogP contribution in [0.3, 0.4) is 0 Å². The number of carbonyl (C=O) groups is 1. The first kappa shape index (κ1) is 13.1. The number of nitrogens with zero attached hydrogens (tertiary/aromatic N) is 1. The maximum atomic E-state index is 10.7. The molecule has 0 fully saturated rings. The van der Waals surface area contributed by atoms with Crippen LogP contribution in [0.4, 0.5) is 11.4 Å². The van der Waals surface area contributed by atoms with Gasteiger partial charge in [0, 0.05) is 10.2 Å². The molecule has 0 aromatic heterocycles. The van der Waals surface area contributed by atoms with Crippen molar-refractivity contribution in [3.8, 4) is 6.07 Å². The molecule has 2 N–H and O–H groups in total. The molecule has 0 aliphatic heterocycles. The number of nitriles is 1. The average molecular weight is 317 g/mol. The van der Waals surface area contributed by atoms with Crippen LogP contribution in [0.25, 0.3) is 0 Å². The fourth-order valence-electron chi connectivity index (χ4n) is 1.59. The molecule has 19 heavy (non-hydrogen) atoms. The smallest absolute Gasteiger partial charge is 0.335 e. The van der Waals surface area contributed by atoms with Crippen molar-refractivity contribution in [1.82, 2.24) is 0 Å². The van der Waals surface area contributed by atoms with Gasteiger partial charge in [-0.2, -0.15) is 5.26 Å². The molecule has 2 rings (SSSR count). The second-order valence-electron chi connectivity index (χ2n) is 3.78. The van der Waals surface area contributed by atoms with Gasteiger partial charge in [0.25, 0.3) is 0 Å². The first-order valence-corrected chi connectivity index (χ1v) is 6.20. The Balaban J connectivity index is 2.29. The second-order valence-corrected chi connectivity index (χ2v) is 4.64. The zero-order valence-corrected chi connectivity index (χ0v) is 11.3. The van der Waals surface area contributed by atoms with E-state index in [9.17, 15) is 4.79 Å². The third-order valence-electron chi connectivity index (χ3n) is 2.54. The van der Waals surface area contributed by atoms with Crippen LogP contribution in [0.15, 0.2) is 46.9 Å². The minimum Gasteiger partial charge on any atom is -0.478 e. The van der Waals surface area contributed by atoms with Crippen molar-refractivity contribution in [2.24, 2.45) is 0 Å². The average Bonchev–Trinajstić information content (AvgIpc) is 2.39. The highest BCUT2D eigenvalue weighted by Crippen LogP contribution is 2.26. The second kappa shape index (κ2) is 5.55. The Morgan fingerprint density at radius 2 is 1.89 bits per heavy atom. The summed E-state index contributed by atoms with van der Waals surface area (Å²) in [4.78, 5) is 10.7. The molecular formula is C14H9BrN2O2. The van der Waals surface area contributed by atoms with Crippen LogP contribution in [-0.4, -0.2) is 11.1 Å². The molecule has 0 heterocycles. The standard InChI is InChI=1S/C14H9BrN2O2/c15-12-2-1-3-13(11(12)8-16)17-10-6-4-9(5-7-10)14(18)19/h1-7,17H,(H,18,19). The van der Waals surface area contributed by atoms with Gasteiger partial charge in [-0.15, -0.1) is 0 Å². The van der Waals surface area contributed by atoms with Crippen molar-refractivity contribution in [1.29, 1.82) is 5.26 Å². The van der Waals surface area contributed by atoms with Crippen LogP contribution in [-0.2, 0) is 0 Å². The number of hydrogen-bond acceptors (Lipinski definition) is 3. The van der Waals surface area contributed by atoms with Crippen molar-refractivity contribution < 1.29 is 9.90 Å². The predicted octanol–water partition coefficient (Wildman–Crippen LogP) is 3.76. The fraction of sp³-hybridized carbons (Fsp3) is 0. The van der Waals surface area contributed by atoms with E-state index < -0.39 is 5.97 Å². The van der Waals surface area contributed by atoms with E-state index in [4.69, 9.17) is 10.4 Å².